The smallest absolute Gasteiger partial charge is 0.307 e. The Kier molecular flexibility index (Phi) is 6.14. The summed E-state index contributed by atoms with van der Waals surface area (Å²) in [5, 5.41) is 2.82. The van der Waals surface area contributed by atoms with Gasteiger partial charge in [-0.25, -0.2) is 24.1 Å². The molecule has 1 atom stereocenters. The van der Waals surface area contributed by atoms with Crippen molar-refractivity contribution in [2.45, 2.75) is 13.2 Å². The number of carbonyl (C=O) groups excluding carboxylic acids is 1. The Labute approximate surface area is 184 Å². The maximum Gasteiger partial charge on any atom is 0.333 e. The molecular weight excluding hydrogens is 407 g/mol. The van der Waals surface area contributed by atoms with E-state index in [4.69, 9.17) is 5.73 Å². The number of nitrogens with zero attached hydrogens (tertiary/aromatic N) is 4. The summed E-state index contributed by atoms with van der Waals surface area (Å²) in [6, 6.07) is 18.7. The number of para-hydroxylation sites is 1. The van der Waals surface area contributed by atoms with Gasteiger partial charge in [0, 0.05) is 35.4 Å². The monoisotopic (exact) mass is 428 g/mol. The third kappa shape index (κ3) is 4.60. The van der Waals surface area contributed by atoms with Gasteiger partial charge in [0.2, 0.25) is 5.95 Å². The summed E-state index contributed by atoms with van der Waals surface area (Å²) in [6.45, 7) is 1.90. The average molecular weight is 428 g/mol. The summed E-state index contributed by atoms with van der Waals surface area (Å²) >= 11 is 0. The van der Waals surface area contributed by atoms with Crippen LogP contribution in [0, 0.1) is 6.92 Å². The van der Waals surface area contributed by atoms with Crippen molar-refractivity contribution in [3.8, 4) is 11.3 Å². The van der Waals surface area contributed by atoms with Crippen molar-refractivity contribution in [1.82, 2.24) is 15.0 Å². The molecule has 7 nitrogen and oxygen atoms in total. The largest absolute Gasteiger partial charge is 0.333 e. The molecule has 0 aliphatic carbocycles. The third-order valence-corrected chi connectivity index (χ3v) is 4.84. The normalized spacial score (nSPS) is 11.6. The van der Waals surface area contributed by atoms with Gasteiger partial charge in [-0.3, -0.25) is 10.7 Å². The molecule has 160 valence electrons. The lowest BCUT2D eigenvalue weighted by Gasteiger charge is -2.23. The molecule has 4 aromatic rings. The average Bonchev–Trinajstić information content (AvgIpc) is 2.82. The first-order valence-corrected chi connectivity index (χ1v) is 9.93. The van der Waals surface area contributed by atoms with Crippen molar-refractivity contribution in [2.75, 3.05) is 10.2 Å². The number of alkyl halides is 1. The minimum atomic E-state index is -1.58. The van der Waals surface area contributed by atoms with E-state index in [1.165, 1.54) is 17.0 Å². The fourth-order valence-corrected chi connectivity index (χ4v) is 3.18. The van der Waals surface area contributed by atoms with Crippen LogP contribution < -0.4 is 16.0 Å². The second-order valence-electron chi connectivity index (χ2n) is 7.06. The molecule has 2 amide bonds. The molecule has 0 radical (unpaired) electrons. The molecule has 0 saturated carbocycles. The van der Waals surface area contributed by atoms with E-state index in [1.807, 2.05) is 43.3 Å². The standard InChI is InChI=1S/C24H21FN6O/c1-16-5-2-3-7-21(16)31(24(32)29-19-10-8-17(9-11-19)22(25)26)23-28-14-12-20(30-23)18-6-4-13-27-15-18/h2-15,22H,26H2,1H3,(H,29,32). The Morgan fingerprint density at radius 3 is 2.50 bits per heavy atom. The predicted octanol–water partition coefficient (Wildman–Crippen LogP) is 5.14. The van der Waals surface area contributed by atoms with Crippen LogP contribution in [0.15, 0.2) is 85.3 Å². The second kappa shape index (κ2) is 9.32. The van der Waals surface area contributed by atoms with Crippen LogP contribution in [0.25, 0.3) is 11.3 Å². The summed E-state index contributed by atoms with van der Waals surface area (Å²) < 4.78 is 13.3. The van der Waals surface area contributed by atoms with E-state index in [-0.39, 0.29) is 5.95 Å². The zero-order valence-corrected chi connectivity index (χ0v) is 17.3. The van der Waals surface area contributed by atoms with E-state index in [1.54, 1.807) is 36.8 Å². The van der Waals surface area contributed by atoms with Gasteiger partial charge in [0.05, 0.1) is 11.4 Å². The molecule has 0 fully saturated rings. The van der Waals surface area contributed by atoms with Crippen LogP contribution in [0.3, 0.4) is 0 Å². The van der Waals surface area contributed by atoms with Crippen molar-refractivity contribution in [2.24, 2.45) is 5.73 Å². The first-order chi connectivity index (χ1) is 15.5. The number of carbonyl (C=O) groups is 1. The fourth-order valence-electron chi connectivity index (χ4n) is 3.18. The van der Waals surface area contributed by atoms with Gasteiger partial charge in [0.15, 0.2) is 6.30 Å². The van der Waals surface area contributed by atoms with Crippen LogP contribution in [0.2, 0.25) is 0 Å². The molecule has 2 heterocycles. The van der Waals surface area contributed by atoms with Gasteiger partial charge in [0.1, 0.15) is 0 Å². The van der Waals surface area contributed by atoms with Gasteiger partial charge in [0.25, 0.3) is 0 Å². The minimum absolute atomic E-state index is 0.209. The maximum atomic E-state index is 13.4. The first-order valence-electron chi connectivity index (χ1n) is 9.93. The Morgan fingerprint density at radius 2 is 1.81 bits per heavy atom. The Morgan fingerprint density at radius 1 is 1.03 bits per heavy atom. The quantitative estimate of drug-likeness (QED) is 0.429. The minimum Gasteiger partial charge on any atom is -0.307 e. The van der Waals surface area contributed by atoms with Crippen molar-refractivity contribution >= 4 is 23.4 Å². The van der Waals surface area contributed by atoms with Gasteiger partial charge < -0.3 is 5.32 Å². The SMILES string of the molecule is Cc1ccccc1N(C(=O)Nc1ccc(C(N)F)cc1)c1nccc(-c2cccnc2)n1. The lowest BCUT2D eigenvalue weighted by atomic mass is 10.2. The maximum absolute atomic E-state index is 13.4. The number of hydrogen-bond acceptors (Lipinski definition) is 5. The molecule has 8 heteroatoms. The molecule has 32 heavy (non-hydrogen) atoms. The van der Waals surface area contributed by atoms with Gasteiger partial charge in [-0.05, 0) is 48.9 Å². The highest BCUT2D eigenvalue weighted by Gasteiger charge is 2.23. The van der Waals surface area contributed by atoms with Crippen molar-refractivity contribution in [1.29, 1.82) is 0 Å². The molecule has 0 bridgehead atoms. The topological polar surface area (TPSA) is 97.0 Å². The number of rotatable bonds is 5. The lowest BCUT2D eigenvalue weighted by molar-refractivity contribution is 0.258. The highest BCUT2D eigenvalue weighted by atomic mass is 19.1. The van der Waals surface area contributed by atoms with E-state index in [0.717, 1.165) is 11.1 Å². The second-order valence-corrected chi connectivity index (χ2v) is 7.06. The highest BCUT2D eigenvalue weighted by Crippen LogP contribution is 2.28. The fraction of sp³-hybridized carbons (Fsp3) is 0.0833. The van der Waals surface area contributed by atoms with Crippen LogP contribution >= 0.6 is 0 Å². The number of amides is 2. The van der Waals surface area contributed by atoms with Crippen LogP contribution in [0.4, 0.5) is 26.5 Å². The molecular formula is C24H21FN6O. The lowest BCUT2D eigenvalue weighted by Crippen LogP contribution is -2.32. The van der Waals surface area contributed by atoms with Crippen LogP contribution in [0.1, 0.15) is 17.4 Å². The number of aryl methyl sites for hydroxylation is 1. The number of nitrogens with one attached hydrogen (secondary N) is 1. The molecule has 3 N–H and O–H groups in total. The zero-order chi connectivity index (χ0) is 22.5. The molecule has 4 rings (SSSR count). The Hall–Kier alpha value is -4.17. The van der Waals surface area contributed by atoms with Crippen LogP contribution in [-0.2, 0) is 0 Å². The summed E-state index contributed by atoms with van der Waals surface area (Å²) in [4.78, 5) is 27.9. The Balaban J connectivity index is 1.71. The van der Waals surface area contributed by atoms with Crippen molar-refractivity contribution in [3.05, 3.63) is 96.4 Å². The summed E-state index contributed by atoms with van der Waals surface area (Å²) in [6.07, 6.45) is 3.40. The Bertz CT molecular complexity index is 1210. The van der Waals surface area contributed by atoms with Crippen molar-refractivity contribution < 1.29 is 9.18 Å². The van der Waals surface area contributed by atoms with E-state index in [2.05, 4.69) is 20.3 Å². The molecule has 0 saturated heterocycles. The molecule has 2 aromatic heterocycles. The van der Waals surface area contributed by atoms with Gasteiger partial charge in [-0.2, -0.15) is 0 Å². The van der Waals surface area contributed by atoms with Gasteiger partial charge >= 0.3 is 6.03 Å². The zero-order valence-electron chi connectivity index (χ0n) is 17.3. The number of hydrogen-bond donors (Lipinski definition) is 2. The number of aromatic nitrogens is 3. The highest BCUT2D eigenvalue weighted by molar-refractivity contribution is 6.06. The number of benzene rings is 2. The summed E-state index contributed by atoms with van der Waals surface area (Å²) in [5.74, 6) is 0.209. The first kappa shape index (κ1) is 21.1. The predicted molar refractivity (Wildman–Crippen MR) is 122 cm³/mol. The third-order valence-electron chi connectivity index (χ3n) is 4.84. The van der Waals surface area contributed by atoms with Crippen molar-refractivity contribution in [3.63, 3.8) is 0 Å². The number of pyridine rings is 1. The summed E-state index contributed by atoms with van der Waals surface area (Å²) in [5.41, 5.74) is 9.02. The number of urea groups is 1. The van der Waals surface area contributed by atoms with E-state index in [0.29, 0.717) is 22.6 Å². The number of anilines is 3. The number of halogens is 1. The number of nitrogens with two attached hydrogens (primary N) is 1. The summed E-state index contributed by atoms with van der Waals surface area (Å²) in [7, 11) is 0. The molecule has 1 unspecified atom stereocenters. The van der Waals surface area contributed by atoms with E-state index < -0.39 is 12.3 Å². The van der Waals surface area contributed by atoms with Crippen LogP contribution in [0.5, 0.6) is 0 Å². The molecule has 0 aliphatic rings. The molecule has 0 aliphatic heterocycles. The van der Waals surface area contributed by atoms with E-state index >= 15 is 0 Å². The van der Waals surface area contributed by atoms with Crippen LogP contribution in [-0.4, -0.2) is 21.0 Å². The van der Waals surface area contributed by atoms with Gasteiger partial charge in [-0.15, -0.1) is 0 Å². The molecule has 0 spiro atoms. The van der Waals surface area contributed by atoms with Gasteiger partial charge in [-0.1, -0.05) is 30.3 Å². The van der Waals surface area contributed by atoms with E-state index in [9.17, 15) is 9.18 Å². The molecule has 2 aromatic carbocycles.